The fourth-order valence-electron chi connectivity index (χ4n) is 4.73. The van der Waals surface area contributed by atoms with Crippen molar-refractivity contribution in [2.75, 3.05) is 20.2 Å². The number of halogens is 2. The Morgan fingerprint density at radius 2 is 1.86 bits per heavy atom. The second-order valence-electron chi connectivity index (χ2n) is 8.78. The SMILES string of the molecule is COc1ccc(Cn2c(=O)n(C3CCNCC3)c(=O)c3sc(-c4ccc(F)cc4C)cc32)cc1F. The number of hydrogen-bond acceptors (Lipinski definition) is 5. The van der Waals surface area contributed by atoms with Crippen molar-refractivity contribution in [3.63, 3.8) is 0 Å². The van der Waals surface area contributed by atoms with Gasteiger partial charge < -0.3 is 10.1 Å². The van der Waals surface area contributed by atoms with Gasteiger partial charge >= 0.3 is 5.69 Å². The van der Waals surface area contributed by atoms with Crippen molar-refractivity contribution in [1.29, 1.82) is 0 Å². The average molecular weight is 498 g/mol. The Bertz CT molecular complexity index is 1530. The molecule has 0 amide bonds. The van der Waals surface area contributed by atoms with Gasteiger partial charge in [-0.15, -0.1) is 11.3 Å². The van der Waals surface area contributed by atoms with Crippen LogP contribution in [0.15, 0.2) is 52.1 Å². The van der Waals surface area contributed by atoms with Crippen molar-refractivity contribution in [3.05, 3.63) is 86.1 Å². The molecule has 0 bridgehead atoms. The fourth-order valence-corrected chi connectivity index (χ4v) is 5.92. The third kappa shape index (κ3) is 4.30. The maximum atomic E-state index is 14.4. The highest BCUT2D eigenvalue weighted by molar-refractivity contribution is 7.22. The van der Waals surface area contributed by atoms with Gasteiger partial charge in [-0.3, -0.25) is 13.9 Å². The summed E-state index contributed by atoms with van der Waals surface area (Å²) in [6.45, 7) is 3.36. The second kappa shape index (κ2) is 9.39. The second-order valence-corrected chi connectivity index (χ2v) is 9.83. The van der Waals surface area contributed by atoms with Crippen molar-refractivity contribution in [1.82, 2.24) is 14.5 Å². The quantitative estimate of drug-likeness (QED) is 0.442. The monoisotopic (exact) mass is 497 g/mol. The van der Waals surface area contributed by atoms with Crippen LogP contribution in [0.5, 0.6) is 5.75 Å². The Morgan fingerprint density at radius 1 is 1.09 bits per heavy atom. The van der Waals surface area contributed by atoms with Gasteiger partial charge in [-0.25, -0.2) is 13.6 Å². The summed E-state index contributed by atoms with van der Waals surface area (Å²) in [5, 5.41) is 3.26. The molecular weight excluding hydrogens is 472 g/mol. The van der Waals surface area contributed by atoms with Gasteiger partial charge in [-0.05, 0) is 79.9 Å². The van der Waals surface area contributed by atoms with E-state index in [2.05, 4.69) is 5.32 Å². The number of benzene rings is 2. The van der Waals surface area contributed by atoms with Crippen LogP contribution >= 0.6 is 11.3 Å². The van der Waals surface area contributed by atoms with E-state index in [1.165, 1.54) is 47.3 Å². The maximum Gasteiger partial charge on any atom is 0.332 e. The standard InChI is InChI=1S/C26H25F2N3O3S/c1-15-11-17(27)4-5-19(15)23-13-21-24(35-23)25(32)31(18-7-9-29-10-8-18)26(33)30(21)14-16-3-6-22(34-2)20(28)12-16/h3-6,11-13,18,29H,7-10,14H2,1-2H3. The van der Waals surface area contributed by atoms with E-state index in [9.17, 15) is 18.4 Å². The highest BCUT2D eigenvalue weighted by Gasteiger charge is 2.24. The van der Waals surface area contributed by atoms with Crippen LogP contribution in [0.2, 0.25) is 0 Å². The lowest BCUT2D eigenvalue weighted by molar-refractivity contribution is 0.346. The van der Waals surface area contributed by atoms with Crippen LogP contribution in [-0.2, 0) is 6.54 Å². The van der Waals surface area contributed by atoms with Crippen molar-refractivity contribution in [3.8, 4) is 16.2 Å². The highest BCUT2D eigenvalue weighted by Crippen LogP contribution is 2.34. The van der Waals surface area contributed by atoms with E-state index in [0.717, 1.165) is 29.1 Å². The van der Waals surface area contributed by atoms with Gasteiger partial charge in [0.15, 0.2) is 11.6 Å². The van der Waals surface area contributed by atoms with Crippen LogP contribution in [0.1, 0.15) is 30.0 Å². The Labute approximate surface area is 204 Å². The average Bonchev–Trinajstić information content (AvgIpc) is 3.28. The zero-order valence-electron chi connectivity index (χ0n) is 19.4. The molecule has 1 N–H and O–H groups in total. The number of methoxy groups -OCH3 is 1. The molecule has 1 aliphatic heterocycles. The number of piperidine rings is 1. The van der Waals surface area contributed by atoms with Crippen LogP contribution in [0.3, 0.4) is 0 Å². The molecule has 1 aliphatic rings. The van der Waals surface area contributed by atoms with Gasteiger partial charge in [-0.1, -0.05) is 12.1 Å². The van der Waals surface area contributed by atoms with Crippen molar-refractivity contribution < 1.29 is 13.5 Å². The number of nitrogens with zero attached hydrogens (tertiary/aromatic N) is 2. The summed E-state index contributed by atoms with van der Waals surface area (Å²) in [5.41, 5.74) is 1.88. The van der Waals surface area contributed by atoms with Crippen LogP contribution in [0.25, 0.3) is 20.7 Å². The molecule has 9 heteroatoms. The van der Waals surface area contributed by atoms with Gasteiger partial charge in [0.05, 0.1) is 19.2 Å². The molecule has 0 atom stereocenters. The highest BCUT2D eigenvalue weighted by atomic mass is 32.1. The number of nitrogens with one attached hydrogen (secondary N) is 1. The number of fused-ring (bicyclic) bond motifs is 1. The fraction of sp³-hybridized carbons (Fsp3) is 0.308. The molecule has 3 heterocycles. The van der Waals surface area contributed by atoms with Gasteiger partial charge in [0, 0.05) is 10.9 Å². The zero-order chi connectivity index (χ0) is 24.7. The number of thiophene rings is 1. The Kier molecular flexibility index (Phi) is 6.29. The summed E-state index contributed by atoms with van der Waals surface area (Å²) in [6.07, 6.45) is 1.35. The number of rotatable bonds is 5. The van der Waals surface area contributed by atoms with E-state index in [-0.39, 0.29) is 29.7 Å². The number of hydrogen-bond donors (Lipinski definition) is 1. The Hall–Kier alpha value is -3.30. The predicted octanol–water partition coefficient (Wildman–Crippen LogP) is 4.46. The van der Waals surface area contributed by atoms with Gasteiger partial charge in [0.1, 0.15) is 10.5 Å². The van der Waals surface area contributed by atoms with Gasteiger partial charge in [-0.2, -0.15) is 0 Å². The molecule has 2 aromatic heterocycles. The van der Waals surface area contributed by atoms with Crippen LogP contribution in [-0.4, -0.2) is 29.3 Å². The van der Waals surface area contributed by atoms with E-state index >= 15 is 0 Å². The molecule has 0 unspecified atom stereocenters. The first kappa shape index (κ1) is 23.4. The van der Waals surface area contributed by atoms with E-state index in [1.807, 2.05) is 6.92 Å². The third-order valence-corrected chi connectivity index (χ3v) is 7.68. The maximum absolute atomic E-state index is 14.4. The lowest BCUT2D eigenvalue weighted by atomic mass is 10.1. The number of aromatic nitrogens is 2. The largest absolute Gasteiger partial charge is 0.494 e. The predicted molar refractivity (Wildman–Crippen MR) is 134 cm³/mol. The molecule has 182 valence electrons. The van der Waals surface area contributed by atoms with Crippen molar-refractivity contribution in [2.45, 2.75) is 32.4 Å². The summed E-state index contributed by atoms with van der Waals surface area (Å²) in [5.74, 6) is -0.733. The smallest absolute Gasteiger partial charge is 0.332 e. The molecule has 35 heavy (non-hydrogen) atoms. The molecule has 1 saturated heterocycles. The molecule has 1 fully saturated rings. The summed E-state index contributed by atoms with van der Waals surface area (Å²) >= 11 is 1.29. The minimum absolute atomic E-state index is 0.0973. The van der Waals surface area contributed by atoms with Crippen LogP contribution in [0, 0.1) is 18.6 Å². The lowest BCUT2D eigenvalue weighted by Crippen LogP contribution is -2.45. The number of ether oxygens (including phenoxy) is 1. The van der Waals surface area contributed by atoms with Crippen molar-refractivity contribution in [2.24, 2.45) is 0 Å². The molecule has 5 rings (SSSR count). The van der Waals surface area contributed by atoms with E-state index in [1.54, 1.807) is 22.8 Å². The third-order valence-electron chi connectivity index (χ3n) is 6.54. The minimum atomic E-state index is -0.520. The summed E-state index contributed by atoms with van der Waals surface area (Å²) in [4.78, 5) is 28.1. The zero-order valence-corrected chi connectivity index (χ0v) is 20.3. The molecule has 2 aromatic carbocycles. The normalized spacial score (nSPS) is 14.5. The molecule has 0 aliphatic carbocycles. The van der Waals surface area contributed by atoms with E-state index in [0.29, 0.717) is 28.6 Å². The molecule has 0 spiro atoms. The first-order valence-corrected chi connectivity index (χ1v) is 12.3. The van der Waals surface area contributed by atoms with Gasteiger partial charge in [0.2, 0.25) is 0 Å². The van der Waals surface area contributed by atoms with Crippen molar-refractivity contribution >= 4 is 21.6 Å². The number of aryl methyl sites for hydroxylation is 1. The molecule has 6 nitrogen and oxygen atoms in total. The molecular formula is C26H25F2N3O3S. The van der Waals surface area contributed by atoms with Crippen LogP contribution < -0.4 is 21.3 Å². The Balaban J connectivity index is 1.72. The first-order chi connectivity index (χ1) is 16.9. The van der Waals surface area contributed by atoms with Crippen LogP contribution in [0.4, 0.5) is 8.78 Å². The summed E-state index contributed by atoms with van der Waals surface area (Å²) < 4.78 is 36.5. The Morgan fingerprint density at radius 3 is 2.54 bits per heavy atom. The summed E-state index contributed by atoms with van der Waals surface area (Å²) in [6, 6.07) is 10.7. The first-order valence-electron chi connectivity index (χ1n) is 11.5. The van der Waals surface area contributed by atoms with E-state index in [4.69, 9.17) is 4.74 Å². The summed E-state index contributed by atoms with van der Waals surface area (Å²) in [7, 11) is 1.39. The topological polar surface area (TPSA) is 65.3 Å². The molecule has 0 radical (unpaired) electrons. The lowest BCUT2D eigenvalue weighted by Gasteiger charge is -2.25. The van der Waals surface area contributed by atoms with E-state index < -0.39 is 11.5 Å². The molecule has 4 aromatic rings. The minimum Gasteiger partial charge on any atom is -0.494 e. The molecule has 0 saturated carbocycles. The van der Waals surface area contributed by atoms with Gasteiger partial charge in [0.25, 0.3) is 5.56 Å².